The molecule has 8 nitrogen and oxygen atoms in total. The van der Waals surface area contributed by atoms with Crippen LogP contribution < -0.4 is 10.1 Å². The highest BCUT2D eigenvalue weighted by atomic mass is 32.1. The van der Waals surface area contributed by atoms with E-state index in [0.717, 1.165) is 41.6 Å². The maximum atomic E-state index is 14.0. The number of amides is 2. The summed E-state index contributed by atoms with van der Waals surface area (Å²) in [6.07, 6.45) is 5.32. The van der Waals surface area contributed by atoms with Crippen molar-refractivity contribution < 1.29 is 14.3 Å². The number of para-hydroxylation sites is 1. The van der Waals surface area contributed by atoms with E-state index in [9.17, 15) is 9.59 Å². The van der Waals surface area contributed by atoms with Crippen molar-refractivity contribution in [3.63, 3.8) is 0 Å². The maximum absolute atomic E-state index is 14.0. The van der Waals surface area contributed by atoms with E-state index in [2.05, 4.69) is 15.6 Å². The number of hydrogen-bond acceptors (Lipinski definition) is 6. The summed E-state index contributed by atoms with van der Waals surface area (Å²) in [5, 5.41) is 13.6. The average Bonchev–Trinajstić information content (AvgIpc) is 3.59. The van der Waals surface area contributed by atoms with Crippen molar-refractivity contribution in [2.45, 2.75) is 57.3 Å². The largest absolute Gasteiger partial charge is 0.497 e. The Morgan fingerprint density at radius 2 is 1.95 bits per heavy atom. The Labute approximate surface area is 220 Å². The number of carbonyl (C=O) groups excluding carboxylic acids is 2. The number of carbonyl (C=O) groups is 2. The summed E-state index contributed by atoms with van der Waals surface area (Å²) in [5.74, 6) is 0.253. The third-order valence-corrected chi connectivity index (χ3v) is 7.71. The molecule has 0 radical (unpaired) electrons. The van der Waals surface area contributed by atoms with Crippen LogP contribution in [0.4, 0.5) is 0 Å². The SMILES string of the molecule is COc1cccc(C(C(=O)NC2CCCCC2)N(Cc2cccs2)C(=O)Cn2nnc3ccccc32)c1. The number of methoxy groups -OCH3 is 1. The van der Waals surface area contributed by atoms with Gasteiger partial charge in [-0.05, 0) is 54.1 Å². The molecule has 5 rings (SSSR count). The van der Waals surface area contributed by atoms with Gasteiger partial charge in [-0.25, -0.2) is 4.68 Å². The van der Waals surface area contributed by atoms with Crippen LogP contribution in [-0.4, -0.2) is 44.9 Å². The van der Waals surface area contributed by atoms with E-state index in [4.69, 9.17) is 4.74 Å². The number of aromatic nitrogens is 3. The highest BCUT2D eigenvalue weighted by Crippen LogP contribution is 2.29. The second kappa shape index (κ2) is 11.6. The van der Waals surface area contributed by atoms with Gasteiger partial charge in [-0.2, -0.15) is 0 Å². The number of nitrogens with one attached hydrogen (secondary N) is 1. The van der Waals surface area contributed by atoms with Crippen molar-refractivity contribution in [3.8, 4) is 5.75 Å². The second-order valence-electron chi connectivity index (χ2n) is 9.36. The standard InChI is InChI=1S/C28H31N5O3S/c1-36-22-12-7-9-20(17-22)27(28(35)29-21-10-3-2-4-11-21)32(18-23-13-8-16-37-23)26(34)19-33-25-15-6-5-14-24(25)30-31-33/h5-9,12-17,21,27H,2-4,10-11,18-19H2,1H3,(H,29,35). The van der Waals surface area contributed by atoms with E-state index in [1.54, 1.807) is 28.0 Å². The molecule has 192 valence electrons. The monoisotopic (exact) mass is 517 g/mol. The van der Waals surface area contributed by atoms with Gasteiger partial charge in [-0.3, -0.25) is 9.59 Å². The number of fused-ring (bicyclic) bond motifs is 1. The van der Waals surface area contributed by atoms with Crippen molar-refractivity contribution >= 4 is 34.2 Å². The van der Waals surface area contributed by atoms with E-state index in [1.165, 1.54) is 6.42 Å². The fourth-order valence-electron chi connectivity index (χ4n) is 4.96. The third-order valence-electron chi connectivity index (χ3n) is 6.85. The Morgan fingerprint density at radius 1 is 1.11 bits per heavy atom. The van der Waals surface area contributed by atoms with E-state index in [-0.39, 0.29) is 24.4 Å². The molecular formula is C28H31N5O3S. The molecule has 2 amide bonds. The number of hydrogen-bond donors (Lipinski definition) is 1. The van der Waals surface area contributed by atoms with Gasteiger partial charge in [0.15, 0.2) is 0 Å². The summed E-state index contributed by atoms with van der Waals surface area (Å²) < 4.78 is 7.06. The summed E-state index contributed by atoms with van der Waals surface area (Å²) in [6.45, 7) is 0.284. The lowest BCUT2D eigenvalue weighted by Crippen LogP contribution is -2.47. The molecule has 0 saturated heterocycles. The van der Waals surface area contributed by atoms with Gasteiger partial charge in [0, 0.05) is 10.9 Å². The predicted octanol–water partition coefficient (Wildman–Crippen LogP) is 4.72. The van der Waals surface area contributed by atoms with Crippen molar-refractivity contribution in [1.29, 1.82) is 0 Å². The van der Waals surface area contributed by atoms with Gasteiger partial charge >= 0.3 is 0 Å². The van der Waals surface area contributed by atoms with E-state index in [0.29, 0.717) is 17.9 Å². The number of nitrogens with zero attached hydrogens (tertiary/aromatic N) is 4. The van der Waals surface area contributed by atoms with Gasteiger partial charge < -0.3 is 15.0 Å². The molecule has 2 aromatic carbocycles. The molecule has 0 bridgehead atoms. The third kappa shape index (κ3) is 5.83. The van der Waals surface area contributed by atoms with E-state index < -0.39 is 6.04 Å². The molecule has 1 unspecified atom stereocenters. The van der Waals surface area contributed by atoms with Crippen molar-refractivity contribution in [2.75, 3.05) is 7.11 Å². The number of thiophene rings is 1. The van der Waals surface area contributed by atoms with Crippen molar-refractivity contribution in [2.24, 2.45) is 0 Å². The molecule has 1 fully saturated rings. The summed E-state index contributed by atoms with van der Waals surface area (Å²) >= 11 is 1.56. The van der Waals surface area contributed by atoms with Crippen LogP contribution in [0, 0.1) is 0 Å². The van der Waals surface area contributed by atoms with Gasteiger partial charge in [0.05, 0.1) is 19.2 Å². The van der Waals surface area contributed by atoms with Crippen molar-refractivity contribution in [3.05, 3.63) is 76.5 Å². The summed E-state index contributed by atoms with van der Waals surface area (Å²) in [5.41, 5.74) is 2.21. The Kier molecular flexibility index (Phi) is 7.79. The highest BCUT2D eigenvalue weighted by molar-refractivity contribution is 7.09. The van der Waals surface area contributed by atoms with Crippen LogP contribution in [0.5, 0.6) is 5.75 Å². The first-order chi connectivity index (χ1) is 18.1. The average molecular weight is 518 g/mol. The predicted molar refractivity (Wildman–Crippen MR) is 143 cm³/mol. The molecule has 1 N–H and O–H groups in total. The first-order valence-electron chi connectivity index (χ1n) is 12.7. The van der Waals surface area contributed by atoms with Gasteiger partial charge in [0.2, 0.25) is 11.8 Å². The van der Waals surface area contributed by atoms with Crippen LogP contribution in [0.3, 0.4) is 0 Å². The molecule has 1 aliphatic carbocycles. The molecule has 2 heterocycles. The first-order valence-corrected chi connectivity index (χ1v) is 13.5. The Hall–Kier alpha value is -3.72. The van der Waals surface area contributed by atoms with Gasteiger partial charge in [0.1, 0.15) is 23.9 Å². The molecule has 0 spiro atoms. The lowest BCUT2D eigenvalue weighted by Gasteiger charge is -2.33. The minimum Gasteiger partial charge on any atom is -0.497 e. The van der Waals surface area contributed by atoms with Gasteiger partial charge in [0.25, 0.3) is 0 Å². The van der Waals surface area contributed by atoms with Crippen LogP contribution in [0.25, 0.3) is 11.0 Å². The van der Waals surface area contributed by atoms with Crippen LogP contribution in [0.15, 0.2) is 66.0 Å². The fourth-order valence-corrected chi connectivity index (χ4v) is 5.66. The van der Waals surface area contributed by atoms with Crippen molar-refractivity contribution in [1.82, 2.24) is 25.2 Å². The minimum absolute atomic E-state index is 0.0247. The number of ether oxygens (including phenoxy) is 1. The molecule has 9 heteroatoms. The fraction of sp³-hybridized carbons (Fsp3) is 0.357. The Morgan fingerprint density at radius 3 is 2.73 bits per heavy atom. The molecule has 2 aromatic heterocycles. The normalized spacial score (nSPS) is 14.8. The Bertz CT molecular complexity index is 1350. The summed E-state index contributed by atoms with van der Waals surface area (Å²) in [7, 11) is 1.60. The summed E-state index contributed by atoms with van der Waals surface area (Å²) in [6, 6.07) is 18.2. The first kappa shape index (κ1) is 25.0. The lowest BCUT2D eigenvalue weighted by molar-refractivity contribution is -0.142. The molecule has 4 aromatic rings. The zero-order chi connectivity index (χ0) is 25.6. The second-order valence-corrected chi connectivity index (χ2v) is 10.4. The number of rotatable bonds is 9. The zero-order valence-electron chi connectivity index (χ0n) is 20.9. The highest BCUT2D eigenvalue weighted by Gasteiger charge is 2.34. The van der Waals surface area contributed by atoms with E-state index >= 15 is 0 Å². The lowest BCUT2D eigenvalue weighted by atomic mass is 9.94. The number of benzene rings is 2. The molecule has 1 saturated carbocycles. The van der Waals surface area contributed by atoms with Crippen LogP contribution in [-0.2, 0) is 22.7 Å². The molecule has 1 aliphatic rings. The molecule has 1 atom stereocenters. The van der Waals surface area contributed by atoms with Crippen LogP contribution in [0.2, 0.25) is 0 Å². The topological polar surface area (TPSA) is 89.4 Å². The zero-order valence-corrected chi connectivity index (χ0v) is 21.7. The molecule has 37 heavy (non-hydrogen) atoms. The van der Waals surface area contributed by atoms with Gasteiger partial charge in [-0.1, -0.05) is 54.8 Å². The van der Waals surface area contributed by atoms with Crippen LogP contribution in [0.1, 0.15) is 48.6 Å². The molecular weight excluding hydrogens is 486 g/mol. The van der Waals surface area contributed by atoms with Gasteiger partial charge in [-0.15, -0.1) is 16.4 Å². The van der Waals surface area contributed by atoms with E-state index in [1.807, 2.05) is 66.0 Å². The minimum atomic E-state index is -0.818. The smallest absolute Gasteiger partial charge is 0.247 e. The Balaban J connectivity index is 1.51. The quantitative estimate of drug-likeness (QED) is 0.347. The molecule has 0 aliphatic heterocycles. The van der Waals surface area contributed by atoms with Crippen LogP contribution >= 0.6 is 11.3 Å². The maximum Gasteiger partial charge on any atom is 0.247 e. The summed E-state index contributed by atoms with van der Waals surface area (Å²) in [4.78, 5) is 30.6.